The smallest absolute Gasteiger partial charge is 0.133 e. The summed E-state index contributed by atoms with van der Waals surface area (Å²) in [4.78, 5) is 1.05. The Morgan fingerprint density at radius 2 is 2.23 bits per heavy atom. The van der Waals surface area contributed by atoms with Gasteiger partial charge in [0, 0.05) is 15.6 Å². The van der Waals surface area contributed by atoms with Gasteiger partial charge in [-0.15, -0.1) is 11.3 Å². The monoisotopic (exact) mass is 276 g/mol. The number of aromatic hydroxyl groups is 1. The van der Waals surface area contributed by atoms with Crippen LogP contribution in [-0.2, 0) is 5.33 Å². The Morgan fingerprint density at radius 3 is 2.85 bits per heavy atom. The molecule has 1 N–H and O–H groups in total. The summed E-state index contributed by atoms with van der Waals surface area (Å²) in [6.45, 7) is 0. The number of thiophene rings is 1. The minimum atomic E-state index is 0.302. The summed E-state index contributed by atoms with van der Waals surface area (Å²) in [5.41, 5.74) is 0. The van der Waals surface area contributed by atoms with E-state index in [0.717, 1.165) is 25.3 Å². The molecule has 0 spiro atoms. The molecule has 0 aliphatic heterocycles. The van der Waals surface area contributed by atoms with Crippen molar-refractivity contribution < 1.29 is 5.11 Å². The van der Waals surface area contributed by atoms with E-state index in [4.69, 9.17) is 11.6 Å². The van der Waals surface area contributed by atoms with Gasteiger partial charge in [-0.2, -0.15) is 0 Å². The van der Waals surface area contributed by atoms with Gasteiger partial charge in [0.1, 0.15) is 5.75 Å². The summed E-state index contributed by atoms with van der Waals surface area (Å²) in [7, 11) is 0. The number of hydrogen-bond donors (Lipinski definition) is 1. The number of phenols is 1. The number of phenolic OH excluding ortho intramolecular Hbond substituents is 1. The second kappa shape index (κ2) is 3.48. The Labute approximate surface area is 93.1 Å². The lowest BCUT2D eigenvalue weighted by Gasteiger charge is -1.92. The number of alkyl halides is 1. The van der Waals surface area contributed by atoms with Crippen LogP contribution in [0.5, 0.6) is 5.75 Å². The van der Waals surface area contributed by atoms with Gasteiger partial charge in [0.25, 0.3) is 0 Å². The van der Waals surface area contributed by atoms with Gasteiger partial charge in [0.2, 0.25) is 0 Å². The van der Waals surface area contributed by atoms with E-state index in [1.54, 1.807) is 12.1 Å². The summed E-state index contributed by atoms with van der Waals surface area (Å²) in [5.74, 6) is 0.302. The normalized spacial score (nSPS) is 10.9. The van der Waals surface area contributed by atoms with Crippen LogP contribution in [0.3, 0.4) is 0 Å². The molecule has 0 radical (unpaired) electrons. The zero-order valence-electron chi connectivity index (χ0n) is 6.55. The molecule has 0 aliphatic carbocycles. The molecule has 0 aliphatic rings. The third-order valence-electron chi connectivity index (χ3n) is 1.82. The molecule has 1 aromatic carbocycles. The minimum Gasteiger partial charge on any atom is -0.506 e. The highest BCUT2D eigenvalue weighted by atomic mass is 79.9. The number of benzene rings is 1. The molecular weight excluding hydrogens is 272 g/mol. The third-order valence-corrected chi connectivity index (χ3v) is 4.53. The summed E-state index contributed by atoms with van der Waals surface area (Å²) in [5, 5.41) is 11.9. The predicted molar refractivity (Wildman–Crippen MR) is 61.1 cm³/mol. The minimum absolute atomic E-state index is 0.302. The lowest BCUT2D eigenvalue weighted by Crippen LogP contribution is -1.67. The molecule has 0 bridgehead atoms. The molecule has 1 aromatic heterocycles. The highest BCUT2D eigenvalue weighted by molar-refractivity contribution is 9.08. The van der Waals surface area contributed by atoms with Crippen LogP contribution in [-0.4, -0.2) is 5.11 Å². The van der Waals surface area contributed by atoms with E-state index in [9.17, 15) is 5.11 Å². The van der Waals surface area contributed by atoms with E-state index in [1.807, 2.05) is 6.07 Å². The quantitative estimate of drug-likeness (QED) is 0.776. The topological polar surface area (TPSA) is 20.2 Å². The van der Waals surface area contributed by atoms with Gasteiger partial charge in [-0.3, -0.25) is 0 Å². The molecule has 0 saturated heterocycles. The number of fused-ring (bicyclic) bond motifs is 1. The van der Waals surface area contributed by atoms with Crippen molar-refractivity contribution in [2.75, 3.05) is 0 Å². The summed E-state index contributed by atoms with van der Waals surface area (Å²) in [6.07, 6.45) is 0. The van der Waals surface area contributed by atoms with Crippen LogP contribution < -0.4 is 0 Å². The van der Waals surface area contributed by atoms with E-state index in [0.29, 0.717) is 5.75 Å². The highest BCUT2D eigenvalue weighted by Crippen LogP contribution is 2.40. The maximum absolute atomic E-state index is 9.54. The van der Waals surface area contributed by atoms with Crippen LogP contribution in [0.15, 0.2) is 18.2 Å². The lowest BCUT2D eigenvalue weighted by atomic mass is 10.2. The maximum atomic E-state index is 9.54. The fourth-order valence-electron chi connectivity index (χ4n) is 1.21. The van der Waals surface area contributed by atoms with Crippen molar-refractivity contribution >= 4 is 49.0 Å². The number of halogens is 2. The summed E-state index contributed by atoms with van der Waals surface area (Å²) < 4.78 is 0.863. The Kier molecular flexibility index (Phi) is 2.49. The predicted octanol–water partition coefficient (Wildman–Crippen LogP) is 4.16. The van der Waals surface area contributed by atoms with E-state index >= 15 is 0 Å². The van der Waals surface area contributed by atoms with Gasteiger partial charge < -0.3 is 5.11 Å². The van der Waals surface area contributed by atoms with E-state index in [1.165, 1.54) is 11.3 Å². The van der Waals surface area contributed by atoms with Crippen molar-refractivity contribution in [2.24, 2.45) is 0 Å². The number of hydrogen-bond acceptors (Lipinski definition) is 2. The second-order valence-corrected chi connectivity index (χ2v) is 4.67. The average Bonchev–Trinajstić information content (AvgIpc) is 2.45. The Bertz CT molecular complexity index is 452. The van der Waals surface area contributed by atoms with Crippen molar-refractivity contribution in [1.82, 2.24) is 0 Å². The molecule has 1 nitrogen and oxygen atoms in total. The van der Waals surface area contributed by atoms with Crippen molar-refractivity contribution in [2.45, 2.75) is 5.33 Å². The van der Waals surface area contributed by atoms with E-state index < -0.39 is 0 Å². The molecule has 2 aromatic rings. The molecule has 0 amide bonds. The highest BCUT2D eigenvalue weighted by Gasteiger charge is 2.11. The molecule has 0 unspecified atom stereocenters. The van der Waals surface area contributed by atoms with Crippen LogP contribution in [0, 0.1) is 0 Å². The molecule has 4 heteroatoms. The molecule has 2 rings (SSSR count). The average molecular weight is 278 g/mol. The van der Waals surface area contributed by atoms with Gasteiger partial charge in [-0.1, -0.05) is 39.7 Å². The van der Waals surface area contributed by atoms with Crippen LogP contribution in [0.4, 0.5) is 0 Å². The zero-order valence-corrected chi connectivity index (χ0v) is 9.71. The first-order chi connectivity index (χ1) is 6.24. The maximum Gasteiger partial charge on any atom is 0.133 e. The van der Waals surface area contributed by atoms with Crippen LogP contribution >= 0.6 is 38.9 Å². The Hall–Kier alpha value is -0.250. The van der Waals surface area contributed by atoms with Crippen molar-refractivity contribution in [3.63, 3.8) is 0 Å². The van der Waals surface area contributed by atoms with Gasteiger partial charge in [-0.25, -0.2) is 0 Å². The van der Waals surface area contributed by atoms with Gasteiger partial charge in [0.15, 0.2) is 0 Å². The Morgan fingerprint density at radius 1 is 1.46 bits per heavy atom. The first-order valence-corrected chi connectivity index (χ1v) is 6.00. The van der Waals surface area contributed by atoms with Crippen LogP contribution in [0.1, 0.15) is 4.88 Å². The van der Waals surface area contributed by atoms with Gasteiger partial charge in [0.05, 0.1) is 9.72 Å². The van der Waals surface area contributed by atoms with Crippen molar-refractivity contribution in [3.05, 3.63) is 28.1 Å². The van der Waals surface area contributed by atoms with E-state index in [-0.39, 0.29) is 0 Å². The first kappa shape index (κ1) is 9.31. The zero-order chi connectivity index (χ0) is 9.42. The first-order valence-electron chi connectivity index (χ1n) is 3.69. The molecule has 68 valence electrons. The SMILES string of the molecule is Oc1cccc2c(Cl)c(CBr)sc12. The van der Waals surface area contributed by atoms with Gasteiger partial charge in [-0.05, 0) is 6.07 Å². The van der Waals surface area contributed by atoms with Crippen molar-refractivity contribution in [1.29, 1.82) is 0 Å². The third kappa shape index (κ3) is 1.45. The fourth-order valence-corrected chi connectivity index (χ4v) is 3.34. The summed E-state index contributed by atoms with van der Waals surface area (Å²) >= 11 is 11.0. The standard InChI is InChI=1S/C9H6BrClOS/c10-4-7-8(11)5-2-1-3-6(12)9(5)13-7/h1-3,12H,4H2. The largest absolute Gasteiger partial charge is 0.506 e. The molecular formula is C9H6BrClOS. The molecule has 0 saturated carbocycles. The van der Waals surface area contributed by atoms with Gasteiger partial charge >= 0.3 is 0 Å². The molecule has 0 fully saturated rings. The van der Waals surface area contributed by atoms with Crippen LogP contribution in [0.25, 0.3) is 10.1 Å². The van der Waals surface area contributed by atoms with E-state index in [2.05, 4.69) is 15.9 Å². The van der Waals surface area contributed by atoms with Crippen LogP contribution in [0.2, 0.25) is 5.02 Å². The lowest BCUT2D eigenvalue weighted by molar-refractivity contribution is 0.482. The number of rotatable bonds is 1. The fraction of sp³-hybridized carbons (Fsp3) is 0.111. The second-order valence-electron chi connectivity index (χ2n) is 2.63. The molecule has 1 heterocycles. The molecule has 0 atom stereocenters. The van der Waals surface area contributed by atoms with Crippen molar-refractivity contribution in [3.8, 4) is 5.75 Å². The summed E-state index contributed by atoms with van der Waals surface area (Å²) in [6, 6.07) is 5.39. The molecule has 13 heavy (non-hydrogen) atoms. The Balaban J connectivity index is 2.83.